The summed E-state index contributed by atoms with van der Waals surface area (Å²) < 4.78 is 31.7. The van der Waals surface area contributed by atoms with Crippen molar-refractivity contribution in [2.45, 2.75) is 82.4 Å². The number of carbonyl (C=O) groups is 3. The van der Waals surface area contributed by atoms with Gasteiger partial charge < -0.3 is 9.84 Å². The minimum atomic E-state index is -3.86. The molecule has 0 bridgehead atoms. The van der Waals surface area contributed by atoms with Gasteiger partial charge in [-0.05, 0) is 52.9 Å². The Balaban J connectivity index is 1.89. The van der Waals surface area contributed by atoms with Gasteiger partial charge in [-0.15, -0.1) is 6.58 Å². The van der Waals surface area contributed by atoms with Crippen molar-refractivity contribution in [3.8, 4) is 0 Å². The maximum Gasteiger partial charge on any atom is 0.411 e. The van der Waals surface area contributed by atoms with Crippen LogP contribution in [0.1, 0.15) is 53.4 Å². The first kappa shape index (κ1) is 24.5. The number of hydrogen-bond acceptors (Lipinski definition) is 7. The number of aliphatic hydroxyl groups excluding tert-OH is 1. The second-order valence-electron chi connectivity index (χ2n) is 9.64. The summed E-state index contributed by atoms with van der Waals surface area (Å²) >= 11 is 0. The van der Waals surface area contributed by atoms with Crippen LogP contribution < -0.4 is 0 Å². The SMILES string of the molecule is C=C[C@@H]1C[C@H]1N(C(=O)[C@@H]1C[C@@H](O)CN1C(=O)OC(C)(C)C)C(=O)N(CC)S(=O)(=O)C1CC1. The fourth-order valence-corrected chi connectivity index (χ4v) is 5.73. The summed E-state index contributed by atoms with van der Waals surface area (Å²) in [7, 11) is -3.86. The third-order valence-corrected chi connectivity index (χ3v) is 8.17. The molecule has 2 saturated carbocycles. The molecule has 2 aliphatic carbocycles. The van der Waals surface area contributed by atoms with Crippen LogP contribution in [0.25, 0.3) is 0 Å². The first-order valence-electron chi connectivity index (χ1n) is 11.0. The van der Waals surface area contributed by atoms with Crippen molar-refractivity contribution in [2.75, 3.05) is 13.1 Å². The van der Waals surface area contributed by atoms with E-state index < -0.39 is 57.1 Å². The van der Waals surface area contributed by atoms with E-state index >= 15 is 0 Å². The lowest BCUT2D eigenvalue weighted by Gasteiger charge is -2.33. The average Bonchev–Trinajstić information content (AvgIpc) is 3.58. The fraction of sp³-hybridized carbons (Fsp3) is 0.762. The van der Waals surface area contributed by atoms with Crippen molar-refractivity contribution in [3.05, 3.63) is 12.7 Å². The van der Waals surface area contributed by atoms with Crippen LogP contribution in [0, 0.1) is 5.92 Å². The average molecular weight is 472 g/mol. The Labute approximate surface area is 189 Å². The first-order chi connectivity index (χ1) is 14.8. The number of imide groups is 1. The fourth-order valence-electron chi connectivity index (χ4n) is 3.97. The summed E-state index contributed by atoms with van der Waals surface area (Å²) in [6.45, 7) is 10.1. The third-order valence-electron chi connectivity index (χ3n) is 5.83. The summed E-state index contributed by atoms with van der Waals surface area (Å²) in [6.07, 6.45) is 1.28. The van der Waals surface area contributed by atoms with E-state index in [9.17, 15) is 27.9 Å². The highest BCUT2D eigenvalue weighted by Crippen LogP contribution is 2.40. The molecule has 10 nitrogen and oxygen atoms in total. The molecule has 4 amide bonds. The zero-order chi connectivity index (χ0) is 24.0. The minimum Gasteiger partial charge on any atom is -0.444 e. The Hall–Kier alpha value is -2.14. The highest BCUT2D eigenvalue weighted by atomic mass is 32.2. The van der Waals surface area contributed by atoms with Gasteiger partial charge in [-0.25, -0.2) is 22.3 Å². The number of nitrogens with zero attached hydrogens (tertiary/aromatic N) is 3. The Bertz CT molecular complexity index is 894. The molecule has 1 saturated heterocycles. The van der Waals surface area contributed by atoms with Crippen molar-refractivity contribution >= 4 is 28.1 Å². The number of carbonyl (C=O) groups excluding carboxylic acids is 3. The topological polar surface area (TPSA) is 125 Å². The van der Waals surface area contributed by atoms with Gasteiger partial charge in [0, 0.05) is 19.0 Å². The van der Waals surface area contributed by atoms with E-state index in [4.69, 9.17) is 4.74 Å². The second kappa shape index (κ2) is 8.66. The summed E-state index contributed by atoms with van der Waals surface area (Å²) in [6, 6.07) is -2.57. The van der Waals surface area contributed by atoms with Crippen molar-refractivity contribution in [1.29, 1.82) is 0 Å². The zero-order valence-electron chi connectivity index (χ0n) is 19.1. The molecule has 0 aromatic heterocycles. The molecule has 3 fully saturated rings. The predicted octanol–water partition coefficient (Wildman–Crippen LogP) is 1.69. The Kier molecular flexibility index (Phi) is 6.63. The number of likely N-dealkylation sites (tertiary alicyclic amines) is 1. The van der Waals surface area contributed by atoms with Crippen LogP contribution in [-0.2, 0) is 19.6 Å². The zero-order valence-corrected chi connectivity index (χ0v) is 19.9. The van der Waals surface area contributed by atoms with Crippen LogP contribution in [0.15, 0.2) is 12.7 Å². The van der Waals surface area contributed by atoms with Gasteiger partial charge in [0.1, 0.15) is 11.6 Å². The molecule has 180 valence electrons. The molecule has 0 aromatic rings. The van der Waals surface area contributed by atoms with E-state index in [-0.39, 0.29) is 25.4 Å². The number of aliphatic hydroxyl groups is 1. The van der Waals surface area contributed by atoms with E-state index in [0.29, 0.717) is 19.3 Å². The van der Waals surface area contributed by atoms with Gasteiger partial charge in [-0.1, -0.05) is 6.08 Å². The van der Waals surface area contributed by atoms with Crippen molar-refractivity contribution < 1.29 is 32.6 Å². The van der Waals surface area contributed by atoms with Crippen LogP contribution >= 0.6 is 0 Å². The van der Waals surface area contributed by atoms with Crippen LogP contribution in [0.4, 0.5) is 9.59 Å². The maximum absolute atomic E-state index is 13.6. The first-order valence-corrected chi connectivity index (χ1v) is 12.5. The van der Waals surface area contributed by atoms with Gasteiger partial charge in [0.05, 0.1) is 17.9 Å². The third kappa shape index (κ3) is 4.93. The van der Waals surface area contributed by atoms with Crippen LogP contribution in [0.5, 0.6) is 0 Å². The number of amides is 4. The van der Waals surface area contributed by atoms with Gasteiger partial charge in [-0.3, -0.25) is 14.6 Å². The van der Waals surface area contributed by atoms with Gasteiger partial charge in [0.15, 0.2) is 0 Å². The van der Waals surface area contributed by atoms with E-state index in [2.05, 4.69) is 6.58 Å². The molecular formula is C21H33N3O7S. The molecule has 0 radical (unpaired) electrons. The van der Waals surface area contributed by atoms with Crippen molar-refractivity contribution in [1.82, 2.24) is 14.1 Å². The standard InChI is InChI=1S/C21H33N3O7S/c1-6-13-10-16(13)24(19(27)23(7-2)32(29,30)15-8-9-15)18(26)17-11-14(25)12-22(17)20(28)31-21(3,4)5/h6,13-17,25H,1,7-12H2,2-5H3/t13-,14-,16-,17+/m1/s1. The van der Waals surface area contributed by atoms with E-state index in [1.54, 1.807) is 33.8 Å². The van der Waals surface area contributed by atoms with E-state index in [0.717, 1.165) is 14.1 Å². The lowest BCUT2D eigenvalue weighted by Crippen LogP contribution is -2.56. The maximum atomic E-state index is 13.6. The smallest absolute Gasteiger partial charge is 0.411 e. The lowest BCUT2D eigenvalue weighted by molar-refractivity contribution is -0.133. The van der Waals surface area contributed by atoms with Gasteiger partial charge >= 0.3 is 12.1 Å². The summed E-state index contributed by atoms with van der Waals surface area (Å²) in [5.74, 6) is -0.859. The van der Waals surface area contributed by atoms with E-state index in [1.807, 2.05) is 0 Å². The quantitative estimate of drug-likeness (QED) is 0.585. The summed E-state index contributed by atoms with van der Waals surface area (Å²) in [5.41, 5.74) is -0.810. The van der Waals surface area contributed by atoms with Gasteiger partial charge in [0.2, 0.25) is 10.0 Å². The molecular weight excluding hydrogens is 438 g/mol. The Morgan fingerprint density at radius 3 is 2.31 bits per heavy atom. The molecule has 3 rings (SSSR count). The largest absolute Gasteiger partial charge is 0.444 e. The molecule has 1 heterocycles. The number of β-amino-alcohol motifs (C(OH)–C–C–N with tert-alkyl or cyclic N) is 1. The van der Waals surface area contributed by atoms with Crippen molar-refractivity contribution in [2.24, 2.45) is 5.92 Å². The molecule has 11 heteroatoms. The van der Waals surface area contributed by atoms with Crippen LogP contribution in [0.3, 0.4) is 0 Å². The monoisotopic (exact) mass is 471 g/mol. The highest BCUT2D eigenvalue weighted by molar-refractivity contribution is 7.90. The van der Waals surface area contributed by atoms with Crippen molar-refractivity contribution in [3.63, 3.8) is 0 Å². The highest BCUT2D eigenvalue weighted by Gasteiger charge is 2.53. The van der Waals surface area contributed by atoms with Gasteiger partial charge in [0.25, 0.3) is 5.91 Å². The number of sulfonamides is 1. The lowest BCUT2D eigenvalue weighted by atomic mass is 10.1. The Morgan fingerprint density at radius 1 is 1.22 bits per heavy atom. The summed E-state index contributed by atoms with van der Waals surface area (Å²) in [5, 5.41) is 9.57. The number of hydrogen-bond donors (Lipinski definition) is 1. The molecule has 0 unspecified atom stereocenters. The van der Waals surface area contributed by atoms with Crippen LogP contribution in [0.2, 0.25) is 0 Å². The van der Waals surface area contributed by atoms with E-state index in [1.165, 1.54) is 0 Å². The minimum absolute atomic E-state index is 0.0607. The second-order valence-corrected chi connectivity index (χ2v) is 11.8. The molecule has 3 aliphatic rings. The Morgan fingerprint density at radius 2 is 1.84 bits per heavy atom. The molecule has 1 aliphatic heterocycles. The molecule has 0 spiro atoms. The molecule has 32 heavy (non-hydrogen) atoms. The summed E-state index contributed by atoms with van der Waals surface area (Å²) in [4.78, 5) is 41.7. The van der Waals surface area contributed by atoms with Crippen LogP contribution in [-0.4, -0.2) is 87.8 Å². The predicted molar refractivity (Wildman–Crippen MR) is 116 cm³/mol. The number of rotatable bonds is 6. The molecule has 4 atom stereocenters. The molecule has 1 N–H and O–H groups in total. The number of urea groups is 1. The molecule has 0 aromatic carbocycles. The normalized spacial score (nSPS) is 27.6. The number of ether oxygens (including phenoxy) is 1. The van der Waals surface area contributed by atoms with Gasteiger partial charge in [-0.2, -0.15) is 0 Å².